The Balaban J connectivity index is 1.30. The number of aromatic nitrogens is 1. The number of carboxylic acid groups (broad SMARTS) is 1. The Hall–Kier alpha value is -5.41. The third kappa shape index (κ3) is 11.1. The molecule has 1 heterocycles. The molecule has 0 spiro atoms. The molecule has 0 saturated carbocycles. The Morgan fingerprint density at radius 1 is 0.660 bits per heavy atom. The average molecular weight is 687 g/mol. The second-order valence-corrected chi connectivity index (χ2v) is 13.0. The van der Waals surface area contributed by atoms with Crippen LogP contribution in [-0.2, 0) is 14.4 Å². The van der Waals surface area contributed by atoms with E-state index < -0.39 is 24.0 Å². The van der Waals surface area contributed by atoms with Gasteiger partial charge in [0, 0.05) is 24.9 Å². The monoisotopic (exact) mass is 686 g/mol. The number of carbonyl (C=O) groups is 3. The van der Waals surface area contributed by atoms with Crippen LogP contribution >= 0.6 is 11.8 Å². The normalized spacial score (nSPS) is 12.1. The predicted molar refractivity (Wildman–Crippen MR) is 201 cm³/mol. The molecule has 1 aromatic heterocycles. The van der Waals surface area contributed by atoms with Crippen molar-refractivity contribution in [2.45, 2.75) is 43.0 Å². The number of thioether (sulfide) groups is 1. The fraction of sp³-hybridized carbons (Fsp3) is 0.220. The van der Waals surface area contributed by atoms with Gasteiger partial charge >= 0.3 is 5.97 Å². The third-order valence-electron chi connectivity index (χ3n) is 8.20. The van der Waals surface area contributed by atoms with E-state index in [-0.39, 0.29) is 29.8 Å². The summed E-state index contributed by atoms with van der Waals surface area (Å²) in [7, 11) is 0. The van der Waals surface area contributed by atoms with E-state index in [4.69, 9.17) is 0 Å². The molecule has 5 rings (SSSR count). The second kappa shape index (κ2) is 19.0. The molecule has 0 saturated heterocycles. The zero-order valence-corrected chi connectivity index (χ0v) is 28.6. The van der Waals surface area contributed by atoms with Gasteiger partial charge in [0.2, 0.25) is 11.8 Å². The maximum absolute atomic E-state index is 14.0. The smallest absolute Gasteiger partial charge is 0.305 e. The first-order valence-electron chi connectivity index (χ1n) is 16.8. The number of carboxylic acids is 1. The number of aliphatic carboxylic acids is 1. The topological polar surface area (TPSA) is 120 Å². The van der Waals surface area contributed by atoms with Crippen LogP contribution in [0.1, 0.15) is 53.7 Å². The van der Waals surface area contributed by atoms with E-state index in [0.29, 0.717) is 18.5 Å². The molecule has 0 aliphatic carbocycles. The van der Waals surface area contributed by atoms with E-state index in [1.165, 1.54) is 0 Å². The molecule has 50 heavy (non-hydrogen) atoms. The molecule has 0 fully saturated rings. The van der Waals surface area contributed by atoms with E-state index in [0.717, 1.165) is 34.5 Å². The van der Waals surface area contributed by atoms with Crippen LogP contribution in [0.2, 0.25) is 0 Å². The summed E-state index contributed by atoms with van der Waals surface area (Å²) in [5.41, 5.74) is 4.86. The quantitative estimate of drug-likeness (QED) is 0.0699. The lowest BCUT2D eigenvalue weighted by atomic mass is 9.99. The van der Waals surface area contributed by atoms with Gasteiger partial charge in [-0.05, 0) is 52.8 Å². The number of benzene rings is 4. The first kappa shape index (κ1) is 35.9. The first-order chi connectivity index (χ1) is 24.5. The number of nitrogens with zero attached hydrogens (tertiary/aromatic N) is 1. The van der Waals surface area contributed by atoms with E-state index in [9.17, 15) is 19.5 Å². The Morgan fingerprint density at radius 2 is 1.26 bits per heavy atom. The molecule has 1 unspecified atom stereocenters. The molecule has 9 heteroatoms. The van der Waals surface area contributed by atoms with Gasteiger partial charge in [-0.2, -0.15) is 0 Å². The zero-order chi connectivity index (χ0) is 35.0. The zero-order valence-electron chi connectivity index (χ0n) is 27.8. The van der Waals surface area contributed by atoms with Gasteiger partial charge in [-0.3, -0.25) is 14.4 Å². The molecular formula is C41H42N4O4S. The number of rotatable bonds is 18. The first-order valence-corrected chi connectivity index (χ1v) is 17.8. The molecule has 4 aromatic carbocycles. The SMILES string of the molecule is O=C(O)CC(NC(=O)[C@@H](CSC(c1ccccc1)c1ccccc1)NC(=O)CCCCNc1ccccn1)c1ccc(-c2ccccc2)cc1. The second-order valence-electron chi connectivity index (χ2n) is 11.9. The predicted octanol–water partition coefficient (Wildman–Crippen LogP) is 7.67. The molecule has 8 nitrogen and oxygen atoms in total. The largest absolute Gasteiger partial charge is 0.481 e. The highest BCUT2D eigenvalue weighted by Gasteiger charge is 2.27. The standard InChI is InChI=1S/C41H42N4O4S/c46-38(21-11-13-27-43-37-20-10-12-26-42-37)44-36(29-50-40(33-16-6-2-7-17-33)34-18-8-3-9-19-34)41(49)45-35(28-39(47)48)32-24-22-31(23-25-32)30-14-4-1-5-15-30/h1-10,12,14-20,22-26,35-36,40H,11,13,21,27-29H2,(H,42,43)(H,44,46)(H,45,49)(H,47,48)/t35?,36-/m1/s1. The summed E-state index contributed by atoms with van der Waals surface area (Å²) in [6.07, 6.45) is 3.04. The van der Waals surface area contributed by atoms with Crippen molar-refractivity contribution in [3.63, 3.8) is 0 Å². The fourth-order valence-corrected chi connectivity index (χ4v) is 6.93. The van der Waals surface area contributed by atoms with Gasteiger partial charge in [0.15, 0.2) is 0 Å². The lowest BCUT2D eigenvalue weighted by Crippen LogP contribution is -2.49. The van der Waals surface area contributed by atoms with Crippen LogP contribution in [-0.4, -0.2) is 46.2 Å². The van der Waals surface area contributed by atoms with Crippen molar-refractivity contribution in [1.29, 1.82) is 0 Å². The highest BCUT2D eigenvalue weighted by atomic mass is 32.2. The van der Waals surface area contributed by atoms with Crippen molar-refractivity contribution in [3.05, 3.63) is 156 Å². The Bertz CT molecular complexity index is 1740. The van der Waals surface area contributed by atoms with Crippen LogP contribution in [0.3, 0.4) is 0 Å². The minimum Gasteiger partial charge on any atom is -0.481 e. The van der Waals surface area contributed by atoms with Gasteiger partial charge in [0.25, 0.3) is 0 Å². The fourth-order valence-electron chi connectivity index (χ4n) is 5.61. The molecule has 2 amide bonds. The molecular weight excluding hydrogens is 645 g/mol. The van der Waals surface area contributed by atoms with Crippen molar-refractivity contribution >= 4 is 35.4 Å². The van der Waals surface area contributed by atoms with E-state index in [1.54, 1.807) is 18.0 Å². The van der Waals surface area contributed by atoms with Crippen LogP contribution in [0.5, 0.6) is 0 Å². The van der Waals surface area contributed by atoms with Crippen LogP contribution in [0.25, 0.3) is 11.1 Å². The van der Waals surface area contributed by atoms with Crippen molar-refractivity contribution in [2.75, 3.05) is 17.6 Å². The van der Waals surface area contributed by atoms with Crippen molar-refractivity contribution in [1.82, 2.24) is 15.6 Å². The molecule has 0 aliphatic heterocycles. The van der Waals surface area contributed by atoms with E-state index in [1.807, 2.05) is 109 Å². The minimum absolute atomic E-state index is 0.0809. The Kier molecular flexibility index (Phi) is 13.6. The summed E-state index contributed by atoms with van der Waals surface area (Å²) >= 11 is 1.56. The van der Waals surface area contributed by atoms with E-state index in [2.05, 4.69) is 45.2 Å². The molecule has 5 aromatic rings. The summed E-state index contributed by atoms with van der Waals surface area (Å²) in [5.74, 6) is -0.643. The maximum Gasteiger partial charge on any atom is 0.305 e. The molecule has 256 valence electrons. The summed E-state index contributed by atoms with van der Waals surface area (Å²) in [5, 5.41) is 18.9. The van der Waals surface area contributed by atoms with Gasteiger partial charge in [-0.1, -0.05) is 121 Å². The highest BCUT2D eigenvalue weighted by Crippen LogP contribution is 2.36. The van der Waals surface area contributed by atoms with Crippen LogP contribution in [0.4, 0.5) is 5.82 Å². The number of anilines is 1. The van der Waals surface area contributed by atoms with Crippen molar-refractivity contribution < 1.29 is 19.5 Å². The molecule has 2 atom stereocenters. The number of unbranched alkanes of at least 4 members (excludes halogenated alkanes) is 1. The number of carbonyl (C=O) groups excluding carboxylic acids is 2. The Labute approximate surface area is 297 Å². The number of amides is 2. The molecule has 0 bridgehead atoms. The summed E-state index contributed by atoms with van der Waals surface area (Å²) < 4.78 is 0. The molecule has 4 N–H and O–H groups in total. The summed E-state index contributed by atoms with van der Waals surface area (Å²) in [6, 6.07) is 41.5. The number of hydrogen-bond acceptors (Lipinski definition) is 6. The maximum atomic E-state index is 14.0. The lowest BCUT2D eigenvalue weighted by molar-refractivity contribution is -0.138. The van der Waals surface area contributed by atoms with Crippen LogP contribution < -0.4 is 16.0 Å². The Morgan fingerprint density at radius 3 is 1.86 bits per heavy atom. The highest BCUT2D eigenvalue weighted by molar-refractivity contribution is 7.99. The molecule has 0 aliphatic rings. The van der Waals surface area contributed by atoms with Gasteiger partial charge in [-0.25, -0.2) is 4.98 Å². The van der Waals surface area contributed by atoms with Crippen LogP contribution in [0, 0.1) is 0 Å². The van der Waals surface area contributed by atoms with Gasteiger partial charge in [0.05, 0.1) is 17.7 Å². The average Bonchev–Trinajstić information content (AvgIpc) is 3.15. The number of hydrogen-bond donors (Lipinski definition) is 4. The van der Waals surface area contributed by atoms with Gasteiger partial charge < -0.3 is 21.1 Å². The van der Waals surface area contributed by atoms with E-state index >= 15 is 0 Å². The molecule has 0 radical (unpaired) electrons. The summed E-state index contributed by atoms with van der Waals surface area (Å²) in [4.78, 5) is 43.5. The van der Waals surface area contributed by atoms with Crippen molar-refractivity contribution in [3.8, 4) is 11.1 Å². The minimum atomic E-state index is -1.04. The van der Waals surface area contributed by atoms with Gasteiger partial charge in [-0.15, -0.1) is 11.8 Å². The summed E-state index contributed by atoms with van der Waals surface area (Å²) in [6.45, 7) is 0.666. The van der Waals surface area contributed by atoms with Crippen LogP contribution in [0.15, 0.2) is 140 Å². The number of pyridine rings is 1. The van der Waals surface area contributed by atoms with Gasteiger partial charge in [0.1, 0.15) is 11.9 Å². The van der Waals surface area contributed by atoms with Crippen molar-refractivity contribution in [2.24, 2.45) is 0 Å². The third-order valence-corrected chi connectivity index (χ3v) is 9.61. The number of nitrogens with one attached hydrogen (secondary N) is 3. The lowest BCUT2D eigenvalue weighted by Gasteiger charge is -2.25.